The van der Waals surface area contributed by atoms with Gasteiger partial charge in [-0.05, 0) is 39.3 Å². The fourth-order valence-corrected chi connectivity index (χ4v) is 1.85. The Bertz CT molecular complexity index is 332. The molecule has 1 N–H and O–H groups in total. The Hall–Kier alpha value is -0.740. The Labute approximate surface area is 93.9 Å². The van der Waals surface area contributed by atoms with Gasteiger partial charge in [-0.15, -0.1) is 0 Å². The van der Waals surface area contributed by atoms with Crippen molar-refractivity contribution in [3.8, 4) is 0 Å². The zero-order chi connectivity index (χ0) is 11.5. The second-order valence-electron chi connectivity index (χ2n) is 4.51. The highest BCUT2D eigenvalue weighted by atomic mass is 32.2. The lowest BCUT2D eigenvalue weighted by molar-refractivity contribution is 0.615. The molecule has 0 aromatic carbocycles. The highest BCUT2D eigenvalue weighted by Crippen LogP contribution is 2.15. The Morgan fingerprint density at radius 1 is 1.47 bits per heavy atom. The second kappa shape index (κ2) is 4.86. The zero-order valence-electron chi connectivity index (χ0n) is 9.65. The molecule has 3 nitrogen and oxygen atoms in total. The van der Waals surface area contributed by atoms with Crippen LogP contribution in [0.2, 0.25) is 0 Å². The molecule has 84 valence electrons. The summed E-state index contributed by atoms with van der Waals surface area (Å²) in [5, 5.41) is 0. The van der Waals surface area contributed by atoms with E-state index in [1.165, 1.54) is 0 Å². The van der Waals surface area contributed by atoms with Gasteiger partial charge in [0.2, 0.25) is 0 Å². The predicted octanol–water partition coefficient (Wildman–Crippen LogP) is 2.19. The summed E-state index contributed by atoms with van der Waals surface area (Å²) in [5.41, 5.74) is 1.05. The molecular weight excluding hydrogens is 208 g/mol. The van der Waals surface area contributed by atoms with E-state index in [0.717, 1.165) is 5.56 Å². The maximum Gasteiger partial charge on any atom is 0.0975 e. The van der Waals surface area contributed by atoms with Crippen LogP contribution in [0, 0.1) is 0 Å². The number of rotatable bonds is 3. The van der Waals surface area contributed by atoms with Crippen LogP contribution in [0.15, 0.2) is 24.5 Å². The van der Waals surface area contributed by atoms with E-state index in [9.17, 15) is 4.21 Å². The fourth-order valence-electron chi connectivity index (χ4n) is 1.04. The van der Waals surface area contributed by atoms with Crippen molar-refractivity contribution >= 4 is 11.0 Å². The molecule has 0 saturated heterocycles. The van der Waals surface area contributed by atoms with Gasteiger partial charge < -0.3 is 0 Å². The van der Waals surface area contributed by atoms with Crippen molar-refractivity contribution in [3.63, 3.8) is 0 Å². The van der Waals surface area contributed by atoms with Crippen molar-refractivity contribution in [2.75, 3.05) is 0 Å². The van der Waals surface area contributed by atoms with E-state index in [-0.39, 0.29) is 10.8 Å². The van der Waals surface area contributed by atoms with Crippen LogP contribution in [0.5, 0.6) is 0 Å². The molecule has 0 spiro atoms. The van der Waals surface area contributed by atoms with Gasteiger partial charge in [-0.25, -0.2) is 8.93 Å². The van der Waals surface area contributed by atoms with Crippen molar-refractivity contribution in [2.45, 2.75) is 38.5 Å². The van der Waals surface area contributed by atoms with Gasteiger partial charge in [0.15, 0.2) is 0 Å². The summed E-state index contributed by atoms with van der Waals surface area (Å²) in [7, 11) is -1.05. The number of pyridine rings is 1. The van der Waals surface area contributed by atoms with Crippen LogP contribution in [0.25, 0.3) is 0 Å². The van der Waals surface area contributed by atoms with E-state index in [4.69, 9.17) is 0 Å². The predicted molar refractivity (Wildman–Crippen MR) is 63.7 cm³/mol. The lowest BCUT2D eigenvalue weighted by Crippen LogP contribution is -2.34. The Kier molecular flexibility index (Phi) is 3.99. The van der Waals surface area contributed by atoms with E-state index < -0.39 is 11.0 Å². The first-order valence-electron chi connectivity index (χ1n) is 4.99. The second-order valence-corrected chi connectivity index (χ2v) is 6.50. The first-order valence-corrected chi connectivity index (χ1v) is 6.14. The summed E-state index contributed by atoms with van der Waals surface area (Å²) in [6.07, 6.45) is 3.52. The van der Waals surface area contributed by atoms with Crippen LogP contribution in [-0.4, -0.2) is 13.9 Å². The minimum Gasteiger partial charge on any atom is -0.264 e. The van der Waals surface area contributed by atoms with Crippen LogP contribution in [0.3, 0.4) is 0 Å². The van der Waals surface area contributed by atoms with Crippen molar-refractivity contribution in [3.05, 3.63) is 30.1 Å². The molecule has 0 aliphatic rings. The molecule has 1 aromatic heterocycles. The number of hydrogen-bond acceptors (Lipinski definition) is 2. The Morgan fingerprint density at radius 2 is 2.13 bits per heavy atom. The summed E-state index contributed by atoms with van der Waals surface area (Å²) in [4.78, 5) is 4.04. The van der Waals surface area contributed by atoms with Crippen molar-refractivity contribution in [1.29, 1.82) is 0 Å². The number of nitrogens with one attached hydrogen (secondary N) is 1. The first-order chi connectivity index (χ1) is 6.91. The molecule has 1 unspecified atom stereocenters. The lowest BCUT2D eigenvalue weighted by Gasteiger charge is -2.21. The van der Waals surface area contributed by atoms with Crippen LogP contribution < -0.4 is 4.72 Å². The molecular formula is C11H18N2OS. The molecule has 0 radical (unpaired) electrons. The summed E-state index contributed by atoms with van der Waals surface area (Å²) in [6.45, 7) is 7.84. The third-order valence-corrected chi connectivity index (χ3v) is 3.70. The first kappa shape index (κ1) is 12.3. The molecule has 1 heterocycles. The molecule has 1 aromatic rings. The minimum atomic E-state index is -1.05. The quantitative estimate of drug-likeness (QED) is 0.858. The number of hydrogen-bond donors (Lipinski definition) is 1. The monoisotopic (exact) mass is 226 g/mol. The Balaban J connectivity index is 2.65. The highest BCUT2D eigenvalue weighted by Gasteiger charge is 2.21. The third kappa shape index (κ3) is 3.72. The molecule has 15 heavy (non-hydrogen) atoms. The standard InChI is InChI=1S/C11H18N2OS/c1-9(10-6-5-7-12-8-10)13-15(14)11(2,3)4/h5-9,13H,1-4H3/t9-,15?/m1/s1. The van der Waals surface area contributed by atoms with Gasteiger partial charge in [0, 0.05) is 18.4 Å². The van der Waals surface area contributed by atoms with Crippen molar-refractivity contribution in [1.82, 2.24) is 9.71 Å². The van der Waals surface area contributed by atoms with Crippen LogP contribution in [0.1, 0.15) is 39.3 Å². The van der Waals surface area contributed by atoms with Gasteiger partial charge in [-0.3, -0.25) is 4.98 Å². The van der Waals surface area contributed by atoms with E-state index in [1.54, 1.807) is 12.4 Å². The van der Waals surface area contributed by atoms with Gasteiger partial charge in [-0.2, -0.15) is 0 Å². The fraction of sp³-hybridized carbons (Fsp3) is 0.545. The average molecular weight is 226 g/mol. The lowest BCUT2D eigenvalue weighted by atomic mass is 10.2. The molecule has 0 aliphatic carbocycles. The number of nitrogens with zero attached hydrogens (tertiary/aromatic N) is 1. The van der Waals surface area contributed by atoms with Gasteiger partial charge in [0.1, 0.15) is 0 Å². The topological polar surface area (TPSA) is 42.0 Å². The van der Waals surface area contributed by atoms with Gasteiger partial charge in [-0.1, -0.05) is 6.07 Å². The Morgan fingerprint density at radius 3 is 2.60 bits per heavy atom. The normalized spacial score (nSPS) is 16.0. The highest BCUT2D eigenvalue weighted by molar-refractivity contribution is 7.84. The van der Waals surface area contributed by atoms with Gasteiger partial charge >= 0.3 is 0 Å². The van der Waals surface area contributed by atoms with Crippen LogP contribution >= 0.6 is 0 Å². The SMILES string of the molecule is C[C@@H](NS(=O)C(C)(C)C)c1cccnc1. The van der Waals surface area contributed by atoms with Crippen molar-refractivity contribution in [2.24, 2.45) is 0 Å². The number of aromatic nitrogens is 1. The maximum absolute atomic E-state index is 11.8. The van der Waals surface area contributed by atoms with E-state index >= 15 is 0 Å². The maximum atomic E-state index is 11.8. The molecule has 0 aliphatic heterocycles. The zero-order valence-corrected chi connectivity index (χ0v) is 10.5. The van der Waals surface area contributed by atoms with Gasteiger partial charge in [0.25, 0.3) is 0 Å². The smallest absolute Gasteiger partial charge is 0.0975 e. The molecule has 2 atom stereocenters. The average Bonchev–Trinajstić information content (AvgIpc) is 2.17. The molecule has 0 bridgehead atoms. The molecule has 0 amide bonds. The molecule has 0 fully saturated rings. The molecule has 1 rings (SSSR count). The van der Waals surface area contributed by atoms with Crippen molar-refractivity contribution < 1.29 is 4.21 Å². The van der Waals surface area contributed by atoms with E-state index in [2.05, 4.69) is 9.71 Å². The third-order valence-electron chi connectivity index (χ3n) is 2.02. The van der Waals surface area contributed by atoms with E-state index in [1.807, 2.05) is 39.8 Å². The van der Waals surface area contributed by atoms with Crippen LogP contribution in [-0.2, 0) is 11.0 Å². The largest absolute Gasteiger partial charge is 0.264 e. The van der Waals surface area contributed by atoms with E-state index in [0.29, 0.717) is 0 Å². The van der Waals surface area contributed by atoms with Gasteiger partial charge in [0.05, 0.1) is 15.7 Å². The van der Waals surface area contributed by atoms with Crippen LogP contribution in [0.4, 0.5) is 0 Å². The minimum absolute atomic E-state index is 0.0544. The summed E-state index contributed by atoms with van der Waals surface area (Å²) in [6, 6.07) is 3.91. The summed E-state index contributed by atoms with van der Waals surface area (Å²) >= 11 is 0. The molecule has 4 heteroatoms. The summed E-state index contributed by atoms with van der Waals surface area (Å²) < 4.78 is 14.7. The molecule has 0 saturated carbocycles. The summed E-state index contributed by atoms with van der Waals surface area (Å²) in [5.74, 6) is 0.